The molecule has 5 rings (SSSR count). The summed E-state index contributed by atoms with van der Waals surface area (Å²) in [5.74, 6) is 1.65. The van der Waals surface area contributed by atoms with Gasteiger partial charge in [-0.05, 0) is 44.6 Å². The molecule has 5 atom stereocenters. The van der Waals surface area contributed by atoms with Crippen LogP contribution in [0.5, 0.6) is 0 Å². The number of hydrogen-bond donors (Lipinski definition) is 2. The first-order valence-corrected chi connectivity index (χ1v) is 12.0. The van der Waals surface area contributed by atoms with E-state index in [1.165, 1.54) is 37.7 Å². The zero-order valence-corrected chi connectivity index (χ0v) is 21.5. The topological polar surface area (TPSA) is 48.9 Å². The summed E-state index contributed by atoms with van der Waals surface area (Å²) in [6, 6.07) is 13.3. The van der Waals surface area contributed by atoms with E-state index in [0.717, 1.165) is 25.7 Å². The van der Waals surface area contributed by atoms with Crippen LogP contribution >= 0.6 is 24.0 Å². The van der Waals surface area contributed by atoms with E-state index in [1.54, 1.807) is 0 Å². The van der Waals surface area contributed by atoms with E-state index in [2.05, 4.69) is 66.6 Å². The molecule has 6 heteroatoms. The van der Waals surface area contributed by atoms with Gasteiger partial charge in [-0.25, -0.2) is 0 Å². The fourth-order valence-electron chi connectivity index (χ4n) is 6.69. The molecule has 2 N–H and O–H groups in total. The first-order chi connectivity index (χ1) is 14.6. The maximum absolute atomic E-state index is 5.98. The molecule has 4 fully saturated rings. The van der Waals surface area contributed by atoms with Gasteiger partial charge in [0.25, 0.3) is 0 Å². The quantitative estimate of drug-likeness (QED) is 0.336. The SMILES string of the molecule is CCN=C(NC1CC2CCC(C1)N2Cc1ccccc1)NC1C2CCOC2C1(C)C.I. The third-order valence-corrected chi connectivity index (χ3v) is 8.14. The Morgan fingerprint density at radius 1 is 1.10 bits per heavy atom. The molecular weight excluding hydrogens is 499 g/mol. The van der Waals surface area contributed by atoms with E-state index in [-0.39, 0.29) is 29.4 Å². The number of hydrogen-bond acceptors (Lipinski definition) is 3. The fourth-order valence-corrected chi connectivity index (χ4v) is 6.69. The lowest BCUT2D eigenvalue weighted by molar-refractivity contribution is -0.107. The van der Waals surface area contributed by atoms with Gasteiger partial charge in [0, 0.05) is 55.2 Å². The van der Waals surface area contributed by atoms with Crippen LogP contribution in [0.1, 0.15) is 58.4 Å². The molecule has 0 amide bonds. The molecule has 1 saturated carbocycles. The van der Waals surface area contributed by atoms with Crippen molar-refractivity contribution in [3.8, 4) is 0 Å². The Morgan fingerprint density at radius 3 is 2.48 bits per heavy atom. The van der Waals surface area contributed by atoms with E-state index >= 15 is 0 Å². The molecule has 0 radical (unpaired) electrons. The Bertz CT molecular complexity index is 756. The number of guanidine groups is 1. The van der Waals surface area contributed by atoms with Crippen molar-refractivity contribution < 1.29 is 4.74 Å². The highest BCUT2D eigenvalue weighted by Crippen LogP contribution is 2.52. The van der Waals surface area contributed by atoms with Crippen LogP contribution in [0.4, 0.5) is 0 Å². The van der Waals surface area contributed by atoms with Crippen molar-refractivity contribution in [3.63, 3.8) is 0 Å². The van der Waals surface area contributed by atoms with Crippen molar-refractivity contribution >= 4 is 29.9 Å². The Balaban J connectivity index is 0.00000231. The normalized spacial score (nSPS) is 36.3. The molecule has 1 aliphatic carbocycles. The standard InChI is InChI=1S/C25H38N4O.HI/c1-4-26-24(28-22-21-12-13-30-23(21)25(22,2)3)27-18-14-19-10-11-20(15-18)29(19)16-17-8-6-5-7-9-17;/h5-9,18-23H,4,10-16H2,1-3H3,(H2,26,27,28);1H. The van der Waals surface area contributed by atoms with E-state index < -0.39 is 0 Å². The number of nitrogens with zero attached hydrogens (tertiary/aromatic N) is 2. The average molecular weight is 539 g/mol. The van der Waals surface area contributed by atoms with Crippen molar-refractivity contribution in [3.05, 3.63) is 35.9 Å². The lowest BCUT2D eigenvalue weighted by Crippen LogP contribution is -2.68. The highest BCUT2D eigenvalue weighted by Gasteiger charge is 2.59. The predicted molar refractivity (Wildman–Crippen MR) is 137 cm³/mol. The van der Waals surface area contributed by atoms with Crippen molar-refractivity contribution in [1.29, 1.82) is 0 Å². The summed E-state index contributed by atoms with van der Waals surface area (Å²) in [6.45, 7) is 9.62. The third kappa shape index (κ3) is 4.49. The van der Waals surface area contributed by atoms with Gasteiger partial charge in [0.05, 0.1) is 6.10 Å². The molecule has 2 bridgehead atoms. The average Bonchev–Trinajstić information content (AvgIpc) is 3.28. The summed E-state index contributed by atoms with van der Waals surface area (Å²) >= 11 is 0. The first kappa shape index (κ1) is 23.3. The lowest BCUT2D eigenvalue weighted by atomic mass is 9.57. The van der Waals surface area contributed by atoms with Gasteiger partial charge >= 0.3 is 0 Å². The second-order valence-electron chi connectivity index (χ2n) is 10.4. The van der Waals surface area contributed by atoms with E-state index in [0.29, 0.717) is 36.2 Å². The van der Waals surface area contributed by atoms with Crippen LogP contribution in [0.15, 0.2) is 35.3 Å². The van der Waals surface area contributed by atoms with Gasteiger partial charge in [0.15, 0.2) is 5.96 Å². The molecular formula is C25H39IN4O. The zero-order valence-electron chi connectivity index (χ0n) is 19.2. The van der Waals surface area contributed by atoms with Gasteiger partial charge in [-0.1, -0.05) is 44.2 Å². The van der Waals surface area contributed by atoms with Crippen molar-refractivity contribution in [2.75, 3.05) is 13.2 Å². The van der Waals surface area contributed by atoms with Crippen LogP contribution in [0.25, 0.3) is 0 Å². The Morgan fingerprint density at radius 2 is 1.81 bits per heavy atom. The number of rotatable bonds is 5. The molecule has 3 heterocycles. The molecule has 5 unspecified atom stereocenters. The highest BCUT2D eigenvalue weighted by molar-refractivity contribution is 14.0. The summed E-state index contributed by atoms with van der Waals surface area (Å²) < 4.78 is 5.98. The van der Waals surface area contributed by atoms with Crippen LogP contribution < -0.4 is 10.6 Å². The van der Waals surface area contributed by atoms with Gasteiger partial charge in [-0.3, -0.25) is 9.89 Å². The summed E-state index contributed by atoms with van der Waals surface area (Å²) in [4.78, 5) is 7.57. The van der Waals surface area contributed by atoms with Gasteiger partial charge in [0.2, 0.25) is 0 Å². The van der Waals surface area contributed by atoms with Crippen LogP contribution in [0.2, 0.25) is 0 Å². The summed E-state index contributed by atoms with van der Waals surface area (Å²) in [5.41, 5.74) is 1.62. The van der Waals surface area contributed by atoms with Gasteiger partial charge in [0.1, 0.15) is 0 Å². The Labute approximate surface area is 204 Å². The van der Waals surface area contributed by atoms with Gasteiger partial charge in [-0.15, -0.1) is 24.0 Å². The number of aliphatic imine (C=N–C) groups is 1. The second kappa shape index (κ2) is 9.56. The Hall–Kier alpha value is -0.860. The largest absolute Gasteiger partial charge is 0.377 e. The predicted octanol–water partition coefficient (Wildman–Crippen LogP) is 4.17. The van der Waals surface area contributed by atoms with Crippen LogP contribution in [-0.4, -0.2) is 54.3 Å². The van der Waals surface area contributed by atoms with E-state index in [4.69, 9.17) is 9.73 Å². The molecule has 1 aromatic rings. The maximum atomic E-state index is 5.98. The van der Waals surface area contributed by atoms with Crippen molar-refractivity contribution in [2.45, 2.75) is 89.7 Å². The number of nitrogens with one attached hydrogen (secondary N) is 2. The first-order valence-electron chi connectivity index (χ1n) is 12.0. The molecule has 1 aromatic carbocycles. The number of fused-ring (bicyclic) bond motifs is 3. The fraction of sp³-hybridized carbons (Fsp3) is 0.720. The monoisotopic (exact) mass is 538 g/mol. The highest BCUT2D eigenvalue weighted by atomic mass is 127. The number of piperidine rings is 1. The van der Waals surface area contributed by atoms with Crippen molar-refractivity contribution in [2.24, 2.45) is 16.3 Å². The number of benzene rings is 1. The molecule has 5 nitrogen and oxygen atoms in total. The summed E-state index contributed by atoms with van der Waals surface area (Å²) in [5, 5.41) is 7.64. The molecule has 0 aromatic heterocycles. The van der Waals surface area contributed by atoms with Crippen LogP contribution in [0, 0.1) is 11.3 Å². The summed E-state index contributed by atoms with van der Waals surface area (Å²) in [7, 11) is 0. The number of ether oxygens (including phenoxy) is 1. The minimum atomic E-state index is 0. The molecule has 31 heavy (non-hydrogen) atoms. The smallest absolute Gasteiger partial charge is 0.191 e. The van der Waals surface area contributed by atoms with Crippen molar-refractivity contribution in [1.82, 2.24) is 15.5 Å². The van der Waals surface area contributed by atoms with Gasteiger partial charge < -0.3 is 15.4 Å². The minimum Gasteiger partial charge on any atom is -0.377 e. The van der Waals surface area contributed by atoms with Crippen LogP contribution in [0.3, 0.4) is 0 Å². The third-order valence-electron chi connectivity index (χ3n) is 8.14. The summed E-state index contributed by atoms with van der Waals surface area (Å²) in [6.07, 6.45) is 6.69. The Kier molecular flexibility index (Phi) is 7.18. The minimum absolute atomic E-state index is 0. The van der Waals surface area contributed by atoms with E-state index in [1.807, 2.05) is 0 Å². The second-order valence-corrected chi connectivity index (χ2v) is 10.4. The molecule has 172 valence electrons. The molecule has 3 saturated heterocycles. The maximum Gasteiger partial charge on any atom is 0.191 e. The van der Waals surface area contributed by atoms with E-state index in [9.17, 15) is 0 Å². The number of halogens is 1. The molecule has 3 aliphatic heterocycles. The van der Waals surface area contributed by atoms with Gasteiger partial charge in [-0.2, -0.15) is 0 Å². The van der Waals surface area contributed by atoms with Crippen LogP contribution in [-0.2, 0) is 11.3 Å². The lowest BCUT2D eigenvalue weighted by Gasteiger charge is -2.55. The molecule has 4 aliphatic rings. The molecule has 0 spiro atoms. The zero-order chi connectivity index (χ0) is 20.7.